The van der Waals surface area contributed by atoms with E-state index in [1.807, 2.05) is 0 Å². The van der Waals surface area contributed by atoms with Gasteiger partial charge in [0.1, 0.15) is 5.75 Å². The lowest BCUT2D eigenvalue weighted by Crippen LogP contribution is -2.29. The number of hydrogen-bond donors (Lipinski definition) is 1. The van der Waals surface area contributed by atoms with Gasteiger partial charge in [-0.15, -0.1) is 0 Å². The van der Waals surface area contributed by atoms with E-state index in [2.05, 4.69) is 4.72 Å². The van der Waals surface area contributed by atoms with Crippen LogP contribution in [0.1, 0.15) is 18.4 Å². The summed E-state index contributed by atoms with van der Waals surface area (Å²) in [5.41, 5.74) is -0.00267. The predicted molar refractivity (Wildman–Crippen MR) is 103 cm³/mol. The van der Waals surface area contributed by atoms with Gasteiger partial charge in [0.2, 0.25) is 11.8 Å². The van der Waals surface area contributed by atoms with Gasteiger partial charge in [-0.25, -0.2) is 13.3 Å². The minimum Gasteiger partial charge on any atom is -0.495 e. The molecule has 1 heterocycles. The number of benzene rings is 2. The second kappa shape index (κ2) is 7.51. The van der Waals surface area contributed by atoms with Gasteiger partial charge in [-0.2, -0.15) is 0 Å². The minimum absolute atomic E-state index is 0.0265. The van der Waals surface area contributed by atoms with E-state index in [-0.39, 0.29) is 46.1 Å². The first kappa shape index (κ1) is 20.3. The molecule has 29 heavy (non-hydrogen) atoms. The fraction of sp³-hybridized carbons (Fsp3) is 0.222. The molecule has 2 aromatic carbocycles. The average molecular weight is 419 g/mol. The third-order valence-corrected chi connectivity index (χ3v) is 5.86. The standard InChI is InChI=1S/C18H17N3O7S/c1-11-13(4-3-5-14(11)21(24)25)19-29(26,27)12-6-7-16(28-2)15(10-12)20-17(22)8-9-18(20)23/h3-7,10,19H,8-9H2,1-2H3. The molecule has 1 saturated heterocycles. The van der Waals surface area contributed by atoms with E-state index in [1.165, 1.54) is 44.4 Å². The summed E-state index contributed by atoms with van der Waals surface area (Å²) in [6.45, 7) is 1.43. The van der Waals surface area contributed by atoms with Gasteiger partial charge < -0.3 is 4.74 Å². The smallest absolute Gasteiger partial charge is 0.274 e. The van der Waals surface area contributed by atoms with Gasteiger partial charge in [0, 0.05) is 18.9 Å². The second-order valence-electron chi connectivity index (χ2n) is 6.27. The number of anilines is 2. The molecule has 1 aliphatic heterocycles. The highest BCUT2D eigenvalue weighted by atomic mass is 32.2. The summed E-state index contributed by atoms with van der Waals surface area (Å²) in [6, 6.07) is 7.78. The number of sulfonamides is 1. The summed E-state index contributed by atoms with van der Waals surface area (Å²) in [7, 11) is -2.83. The van der Waals surface area contributed by atoms with E-state index in [9.17, 15) is 28.1 Å². The molecule has 1 N–H and O–H groups in total. The number of nitro groups is 1. The Labute approximate surface area is 166 Å². The van der Waals surface area contributed by atoms with Crippen LogP contribution >= 0.6 is 0 Å². The summed E-state index contributed by atoms with van der Waals surface area (Å²) in [4.78, 5) is 35.3. The highest BCUT2D eigenvalue weighted by Gasteiger charge is 2.33. The number of nitrogens with one attached hydrogen (secondary N) is 1. The van der Waals surface area contributed by atoms with E-state index >= 15 is 0 Å². The molecule has 1 fully saturated rings. The number of amides is 2. The number of methoxy groups -OCH3 is 1. The molecular weight excluding hydrogens is 402 g/mol. The molecular formula is C18H17N3O7S. The molecule has 152 valence electrons. The minimum atomic E-state index is -4.17. The lowest BCUT2D eigenvalue weighted by Gasteiger charge is -2.19. The predicted octanol–water partition coefficient (Wildman–Crippen LogP) is 2.37. The Kier molecular flexibility index (Phi) is 5.25. The van der Waals surface area contributed by atoms with Crippen molar-refractivity contribution in [2.75, 3.05) is 16.7 Å². The highest BCUT2D eigenvalue weighted by Crippen LogP contribution is 2.35. The van der Waals surface area contributed by atoms with Crippen molar-refractivity contribution >= 4 is 38.9 Å². The second-order valence-corrected chi connectivity index (χ2v) is 7.95. The van der Waals surface area contributed by atoms with Crippen molar-refractivity contribution in [2.24, 2.45) is 0 Å². The Balaban J connectivity index is 2.03. The fourth-order valence-electron chi connectivity index (χ4n) is 2.99. The maximum absolute atomic E-state index is 12.9. The van der Waals surface area contributed by atoms with Gasteiger partial charge in [0.25, 0.3) is 15.7 Å². The summed E-state index contributed by atoms with van der Waals surface area (Å²) in [5, 5.41) is 11.1. The molecule has 0 radical (unpaired) electrons. The summed E-state index contributed by atoms with van der Waals surface area (Å²) in [5.74, 6) is -0.741. The number of imide groups is 1. The zero-order valence-electron chi connectivity index (χ0n) is 15.5. The molecule has 2 amide bonds. The zero-order valence-corrected chi connectivity index (χ0v) is 16.4. The van der Waals surface area contributed by atoms with Crippen LogP contribution in [-0.4, -0.2) is 32.3 Å². The monoisotopic (exact) mass is 419 g/mol. The molecule has 2 aromatic rings. The number of nitro benzene ring substituents is 1. The molecule has 0 spiro atoms. The Hall–Kier alpha value is -3.47. The van der Waals surface area contributed by atoms with Gasteiger partial charge in [0.15, 0.2) is 0 Å². The molecule has 0 unspecified atom stereocenters. The molecule has 1 aliphatic rings. The zero-order chi connectivity index (χ0) is 21.3. The fourth-order valence-corrected chi connectivity index (χ4v) is 4.13. The topological polar surface area (TPSA) is 136 Å². The first-order valence-electron chi connectivity index (χ1n) is 8.46. The largest absolute Gasteiger partial charge is 0.495 e. The number of carbonyl (C=O) groups is 2. The van der Waals surface area contributed by atoms with E-state index in [0.717, 1.165) is 11.0 Å². The van der Waals surface area contributed by atoms with Crippen molar-refractivity contribution in [3.8, 4) is 5.75 Å². The molecule has 0 atom stereocenters. The number of carbonyl (C=O) groups excluding carboxylic acids is 2. The van der Waals surface area contributed by atoms with Crippen LogP contribution in [0.5, 0.6) is 5.75 Å². The van der Waals surface area contributed by atoms with Gasteiger partial charge in [0.05, 0.1) is 33.9 Å². The van der Waals surface area contributed by atoms with Crippen LogP contribution in [0.3, 0.4) is 0 Å². The Morgan fingerprint density at radius 1 is 1.14 bits per heavy atom. The lowest BCUT2D eigenvalue weighted by molar-refractivity contribution is -0.385. The Morgan fingerprint density at radius 3 is 2.38 bits per heavy atom. The maximum atomic E-state index is 12.9. The number of nitrogens with zero attached hydrogens (tertiary/aromatic N) is 2. The van der Waals surface area contributed by atoms with Gasteiger partial charge in [-0.05, 0) is 31.2 Å². The quantitative estimate of drug-likeness (QED) is 0.431. The van der Waals surface area contributed by atoms with Crippen LogP contribution in [0, 0.1) is 17.0 Å². The SMILES string of the molecule is COc1ccc(S(=O)(=O)Nc2cccc([N+](=O)[O-])c2C)cc1N1C(=O)CCC1=O. The molecule has 10 nitrogen and oxygen atoms in total. The van der Waals surface area contributed by atoms with Crippen molar-refractivity contribution in [3.63, 3.8) is 0 Å². The summed E-state index contributed by atoms with van der Waals surface area (Å²) in [6.07, 6.45) is 0.0637. The van der Waals surface area contributed by atoms with Crippen LogP contribution in [0.4, 0.5) is 17.1 Å². The molecule has 0 bridgehead atoms. The van der Waals surface area contributed by atoms with Crippen LogP contribution in [0.2, 0.25) is 0 Å². The third-order valence-electron chi connectivity index (χ3n) is 4.50. The van der Waals surface area contributed by atoms with Gasteiger partial charge in [-0.3, -0.25) is 24.4 Å². The average Bonchev–Trinajstić information content (AvgIpc) is 3.00. The molecule has 0 saturated carbocycles. The first-order valence-corrected chi connectivity index (χ1v) is 9.94. The van der Waals surface area contributed by atoms with E-state index in [0.29, 0.717) is 0 Å². The summed E-state index contributed by atoms with van der Waals surface area (Å²) >= 11 is 0. The van der Waals surface area contributed by atoms with E-state index < -0.39 is 26.8 Å². The lowest BCUT2D eigenvalue weighted by atomic mass is 10.2. The van der Waals surface area contributed by atoms with Crippen molar-refractivity contribution in [3.05, 3.63) is 52.1 Å². The van der Waals surface area contributed by atoms with Crippen molar-refractivity contribution in [1.29, 1.82) is 0 Å². The molecule has 0 aliphatic carbocycles. The molecule has 3 rings (SSSR count). The van der Waals surface area contributed by atoms with E-state index in [1.54, 1.807) is 0 Å². The number of hydrogen-bond acceptors (Lipinski definition) is 7. The van der Waals surface area contributed by atoms with Crippen LogP contribution in [0.25, 0.3) is 0 Å². The molecule has 0 aromatic heterocycles. The number of rotatable bonds is 6. The third kappa shape index (κ3) is 3.76. The van der Waals surface area contributed by atoms with Crippen molar-refractivity contribution < 1.29 is 27.7 Å². The maximum Gasteiger partial charge on any atom is 0.274 e. The summed E-state index contributed by atoms with van der Waals surface area (Å²) < 4.78 is 33.2. The van der Waals surface area contributed by atoms with Crippen LogP contribution in [0.15, 0.2) is 41.3 Å². The molecule has 11 heteroatoms. The van der Waals surface area contributed by atoms with Gasteiger partial charge >= 0.3 is 0 Å². The van der Waals surface area contributed by atoms with Crippen LogP contribution in [-0.2, 0) is 19.6 Å². The Morgan fingerprint density at radius 2 is 1.79 bits per heavy atom. The first-order chi connectivity index (χ1) is 13.7. The van der Waals surface area contributed by atoms with Crippen LogP contribution < -0.4 is 14.4 Å². The van der Waals surface area contributed by atoms with Crippen molar-refractivity contribution in [1.82, 2.24) is 0 Å². The van der Waals surface area contributed by atoms with E-state index in [4.69, 9.17) is 4.74 Å². The van der Waals surface area contributed by atoms with Gasteiger partial charge in [-0.1, -0.05) is 6.07 Å². The highest BCUT2D eigenvalue weighted by molar-refractivity contribution is 7.92. The number of ether oxygens (including phenoxy) is 1. The Bertz CT molecular complexity index is 1110. The van der Waals surface area contributed by atoms with Crippen molar-refractivity contribution in [2.45, 2.75) is 24.7 Å². The normalized spacial score (nSPS) is 14.2.